The Morgan fingerprint density at radius 3 is 2.54 bits per heavy atom. The Balaban J connectivity index is 1.71. The normalized spacial score (nSPS) is 22.4. The second-order valence-corrected chi connectivity index (χ2v) is 10.0. The molecule has 2 aliphatic rings. The van der Waals surface area contributed by atoms with Crippen LogP contribution < -0.4 is 10.1 Å². The maximum absolute atomic E-state index is 13.2. The number of nitrogens with zero attached hydrogens (tertiary/aromatic N) is 1. The Morgan fingerprint density at radius 2 is 1.86 bits per heavy atom. The van der Waals surface area contributed by atoms with E-state index in [1.165, 1.54) is 30.3 Å². The van der Waals surface area contributed by atoms with E-state index in [9.17, 15) is 13.2 Å². The molecule has 1 N–H and O–H groups in total. The number of sulfonamides is 1. The lowest BCUT2D eigenvalue weighted by molar-refractivity contribution is -0.126. The molecule has 0 radical (unpaired) electrons. The van der Waals surface area contributed by atoms with Gasteiger partial charge >= 0.3 is 0 Å². The number of carbonyl (C=O) groups excluding carboxylic acids is 1. The Morgan fingerprint density at radius 1 is 1.14 bits per heavy atom. The van der Waals surface area contributed by atoms with E-state index in [0.717, 1.165) is 25.7 Å². The molecule has 1 aliphatic heterocycles. The quantitative estimate of drug-likeness (QED) is 0.727. The topological polar surface area (TPSA) is 75.7 Å². The first kappa shape index (κ1) is 21.4. The van der Waals surface area contributed by atoms with Gasteiger partial charge in [0.2, 0.25) is 15.9 Å². The Hall–Kier alpha value is -1.31. The van der Waals surface area contributed by atoms with Crippen molar-refractivity contribution in [2.45, 2.75) is 62.3 Å². The fraction of sp³-hybridized carbons (Fsp3) is 0.650. The van der Waals surface area contributed by atoms with Crippen LogP contribution in [0.1, 0.15) is 51.4 Å². The monoisotopic (exact) mass is 428 g/mol. The molecule has 1 saturated carbocycles. The summed E-state index contributed by atoms with van der Waals surface area (Å²) < 4.78 is 33.0. The molecule has 3 rings (SSSR count). The molecule has 6 nitrogen and oxygen atoms in total. The summed E-state index contributed by atoms with van der Waals surface area (Å²) in [6, 6.07) is 4.77. The second kappa shape index (κ2) is 9.46. The fourth-order valence-corrected chi connectivity index (χ4v) is 6.05. The van der Waals surface area contributed by atoms with E-state index < -0.39 is 10.0 Å². The van der Waals surface area contributed by atoms with E-state index in [1.807, 2.05) is 0 Å². The highest BCUT2D eigenvalue weighted by Gasteiger charge is 2.35. The maximum Gasteiger partial charge on any atom is 0.246 e. The summed E-state index contributed by atoms with van der Waals surface area (Å²) in [5, 5.41) is 3.50. The molecular formula is C20H29ClN2O4S. The van der Waals surface area contributed by atoms with Gasteiger partial charge < -0.3 is 10.1 Å². The lowest BCUT2D eigenvalue weighted by Crippen LogP contribution is -2.47. The van der Waals surface area contributed by atoms with Crippen molar-refractivity contribution < 1.29 is 17.9 Å². The van der Waals surface area contributed by atoms with Crippen molar-refractivity contribution in [3.05, 3.63) is 23.2 Å². The van der Waals surface area contributed by atoms with Crippen molar-refractivity contribution in [1.82, 2.24) is 9.62 Å². The van der Waals surface area contributed by atoms with Crippen LogP contribution in [0.25, 0.3) is 0 Å². The van der Waals surface area contributed by atoms with Gasteiger partial charge in [-0.3, -0.25) is 4.79 Å². The molecule has 1 heterocycles. The minimum absolute atomic E-state index is 0.0233. The molecule has 8 heteroatoms. The van der Waals surface area contributed by atoms with Crippen LogP contribution in [-0.2, 0) is 14.8 Å². The highest BCUT2D eigenvalue weighted by atomic mass is 35.5. The lowest BCUT2D eigenvalue weighted by Gasteiger charge is -2.32. The van der Waals surface area contributed by atoms with Crippen molar-refractivity contribution >= 4 is 27.5 Å². The SMILES string of the molecule is COc1ccc(Cl)cc1S(=O)(=O)N1CCC[C@@H](C(=O)NC2CCCCCC2)C1. The minimum atomic E-state index is -3.79. The van der Waals surface area contributed by atoms with Gasteiger partial charge in [-0.25, -0.2) is 8.42 Å². The second-order valence-electron chi connectivity index (χ2n) is 7.69. The van der Waals surface area contributed by atoms with Crippen LogP contribution in [0.5, 0.6) is 5.75 Å². The Labute approximate surface area is 172 Å². The molecular weight excluding hydrogens is 400 g/mol. The predicted octanol–water partition coefficient (Wildman–Crippen LogP) is 3.59. The Bertz CT molecular complexity index is 791. The van der Waals surface area contributed by atoms with Gasteiger partial charge in [-0.2, -0.15) is 4.31 Å². The molecule has 1 aliphatic carbocycles. The van der Waals surface area contributed by atoms with E-state index >= 15 is 0 Å². The van der Waals surface area contributed by atoms with Gasteiger partial charge in [-0.15, -0.1) is 0 Å². The van der Waals surface area contributed by atoms with E-state index in [-0.39, 0.29) is 35.1 Å². The van der Waals surface area contributed by atoms with Gasteiger partial charge in [-0.05, 0) is 43.9 Å². The molecule has 2 fully saturated rings. The molecule has 28 heavy (non-hydrogen) atoms. The smallest absolute Gasteiger partial charge is 0.246 e. The number of carbonyl (C=O) groups is 1. The summed E-state index contributed by atoms with van der Waals surface area (Å²) >= 11 is 6.02. The van der Waals surface area contributed by atoms with Gasteiger partial charge in [0, 0.05) is 24.2 Å². The minimum Gasteiger partial charge on any atom is -0.495 e. The average Bonchev–Trinajstić information content (AvgIpc) is 2.96. The van der Waals surface area contributed by atoms with Crippen molar-refractivity contribution in [2.75, 3.05) is 20.2 Å². The van der Waals surface area contributed by atoms with Crippen LogP contribution in [0, 0.1) is 5.92 Å². The number of benzene rings is 1. The highest BCUT2D eigenvalue weighted by molar-refractivity contribution is 7.89. The number of amides is 1. The number of nitrogens with one attached hydrogen (secondary N) is 1. The number of hydrogen-bond acceptors (Lipinski definition) is 4. The number of methoxy groups -OCH3 is 1. The van der Waals surface area contributed by atoms with Gasteiger partial charge in [0.05, 0.1) is 13.0 Å². The summed E-state index contributed by atoms with van der Waals surface area (Å²) in [6.07, 6.45) is 8.13. The fourth-order valence-electron chi connectivity index (χ4n) is 4.11. The number of hydrogen-bond donors (Lipinski definition) is 1. The zero-order valence-corrected chi connectivity index (χ0v) is 17.9. The summed E-state index contributed by atoms with van der Waals surface area (Å²) in [7, 11) is -2.36. The summed E-state index contributed by atoms with van der Waals surface area (Å²) in [5.41, 5.74) is 0. The first-order chi connectivity index (χ1) is 13.4. The number of rotatable bonds is 5. The molecule has 156 valence electrons. The summed E-state index contributed by atoms with van der Waals surface area (Å²) in [6.45, 7) is 0.585. The first-order valence-electron chi connectivity index (χ1n) is 10.1. The molecule has 1 aromatic rings. The van der Waals surface area contributed by atoms with Gasteiger partial charge in [-0.1, -0.05) is 37.3 Å². The summed E-state index contributed by atoms with van der Waals surface area (Å²) in [4.78, 5) is 12.8. The Kier molecular flexibility index (Phi) is 7.23. The van der Waals surface area contributed by atoms with E-state index in [1.54, 1.807) is 12.1 Å². The predicted molar refractivity (Wildman–Crippen MR) is 109 cm³/mol. The molecule has 0 unspecified atom stereocenters. The molecule has 1 aromatic carbocycles. The zero-order valence-electron chi connectivity index (χ0n) is 16.3. The van der Waals surface area contributed by atoms with Crippen LogP contribution in [0.4, 0.5) is 0 Å². The van der Waals surface area contributed by atoms with E-state index in [0.29, 0.717) is 24.4 Å². The van der Waals surface area contributed by atoms with Crippen molar-refractivity contribution in [3.8, 4) is 5.75 Å². The molecule has 0 spiro atoms. The van der Waals surface area contributed by atoms with Gasteiger partial charge in [0.15, 0.2) is 0 Å². The first-order valence-corrected chi connectivity index (χ1v) is 11.9. The lowest BCUT2D eigenvalue weighted by atomic mass is 9.97. The van der Waals surface area contributed by atoms with Gasteiger partial charge in [0.25, 0.3) is 0 Å². The van der Waals surface area contributed by atoms with Crippen LogP contribution in [0.2, 0.25) is 5.02 Å². The summed E-state index contributed by atoms with van der Waals surface area (Å²) in [5.74, 6) is -0.0868. The molecule has 1 saturated heterocycles. The molecule has 1 amide bonds. The van der Waals surface area contributed by atoms with E-state index in [2.05, 4.69) is 5.32 Å². The third-order valence-electron chi connectivity index (χ3n) is 5.70. The van der Waals surface area contributed by atoms with E-state index in [4.69, 9.17) is 16.3 Å². The molecule has 0 bridgehead atoms. The number of ether oxygens (including phenoxy) is 1. The third-order valence-corrected chi connectivity index (χ3v) is 7.82. The van der Waals surface area contributed by atoms with Gasteiger partial charge in [0.1, 0.15) is 10.6 Å². The highest BCUT2D eigenvalue weighted by Crippen LogP contribution is 2.32. The van der Waals surface area contributed by atoms with Crippen LogP contribution in [0.15, 0.2) is 23.1 Å². The van der Waals surface area contributed by atoms with Crippen LogP contribution in [0.3, 0.4) is 0 Å². The molecule has 0 aromatic heterocycles. The average molecular weight is 429 g/mol. The number of piperidine rings is 1. The molecule has 1 atom stereocenters. The van der Waals surface area contributed by atoms with Crippen LogP contribution >= 0.6 is 11.6 Å². The van der Waals surface area contributed by atoms with Crippen molar-refractivity contribution in [2.24, 2.45) is 5.92 Å². The standard InChI is InChI=1S/C20H29ClN2O4S/c1-27-18-11-10-16(21)13-19(18)28(25,26)23-12-6-7-15(14-23)20(24)22-17-8-4-2-3-5-9-17/h10-11,13,15,17H,2-9,12,14H2,1H3,(H,22,24)/t15-/m1/s1. The third kappa shape index (κ3) is 4.99. The zero-order chi connectivity index (χ0) is 20.1. The largest absolute Gasteiger partial charge is 0.495 e. The van der Waals surface area contributed by atoms with Crippen molar-refractivity contribution in [3.63, 3.8) is 0 Å². The van der Waals surface area contributed by atoms with Crippen molar-refractivity contribution in [1.29, 1.82) is 0 Å². The maximum atomic E-state index is 13.2. The van der Waals surface area contributed by atoms with Crippen LogP contribution in [-0.4, -0.2) is 44.9 Å². The number of halogens is 1.